The van der Waals surface area contributed by atoms with Crippen molar-refractivity contribution in [1.29, 1.82) is 0 Å². The minimum atomic E-state index is -0.236. The van der Waals surface area contributed by atoms with Crippen LogP contribution in [0.1, 0.15) is 25.8 Å². The van der Waals surface area contributed by atoms with Crippen LogP contribution in [0.5, 0.6) is 0 Å². The SMILES string of the molecule is CCOC(=O)Cc1cnn(C/C=C2/CNCCC2SC(C)=O)c1. The second kappa shape index (κ2) is 8.88. The van der Waals surface area contributed by atoms with Gasteiger partial charge in [-0.05, 0) is 25.5 Å². The number of piperidine rings is 1. The molecule has 126 valence electrons. The molecular formula is C16H23N3O3S. The summed E-state index contributed by atoms with van der Waals surface area (Å²) in [6.45, 7) is 6.17. The smallest absolute Gasteiger partial charge is 0.310 e. The molecular weight excluding hydrogens is 314 g/mol. The van der Waals surface area contributed by atoms with Crippen LogP contribution in [0.3, 0.4) is 0 Å². The highest BCUT2D eigenvalue weighted by atomic mass is 32.2. The number of carbonyl (C=O) groups is 2. The molecule has 1 N–H and O–H groups in total. The van der Waals surface area contributed by atoms with Gasteiger partial charge in [-0.3, -0.25) is 14.3 Å². The molecule has 0 amide bonds. The molecule has 1 aromatic rings. The Bertz CT molecular complexity index is 583. The van der Waals surface area contributed by atoms with Crippen LogP contribution in [0.2, 0.25) is 0 Å². The number of hydrogen-bond acceptors (Lipinski definition) is 6. The van der Waals surface area contributed by atoms with Gasteiger partial charge in [-0.2, -0.15) is 5.10 Å². The van der Waals surface area contributed by atoms with Gasteiger partial charge in [-0.25, -0.2) is 0 Å². The maximum atomic E-state index is 11.5. The number of aromatic nitrogens is 2. The topological polar surface area (TPSA) is 73.2 Å². The van der Waals surface area contributed by atoms with Crippen LogP contribution in [0, 0.1) is 0 Å². The lowest BCUT2D eigenvalue weighted by molar-refractivity contribution is -0.142. The van der Waals surface area contributed by atoms with Gasteiger partial charge in [-0.15, -0.1) is 0 Å². The molecule has 1 aromatic heterocycles. The first-order valence-corrected chi connectivity index (χ1v) is 8.70. The summed E-state index contributed by atoms with van der Waals surface area (Å²) in [5.41, 5.74) is 2.08. The Morgan fingerprint density at radius 1 is 1.57 bits per heavy atom. The Morgan fingerprint density at radius 2 is 2.39 bits per heavy atom. The first-order valence-electron chi connectivity index (χ1n) is 7.82. The third kappa shape index (κ3) is 5.84. The quantitative estimate of drug-likeness (QED) is 0.627. The van der Waals surface area contributed by atoms with Crippen molar-refractivity contribution in [2.75, 3.05) is 19.7 Å². The highest BCUT2D eigenvalue weighted by Gasteiger charge is 2.20. The van der Waals surface area contributed by atoms with E-state index in [-0.39, 0.29) is 22.8 Å². The molecule has 7 heteroatoms. The van der Waals surface area contributed by atoms with Crippen LogP contribution in [0.15, 0.2) is 24.0 Å². The maximum absolute atomic E-state index is 11.5. The largest absolute Gasteiger partial charge is 0.466 e. The summed E-state index contributed by atoms with van der Waals surface area (Å²) in [5.74, 6) is -0.236. The minimum Gasteiger partial charge on any atom is -0.466 e. The molecule has 2 rings (SSSR count). The number of thioether (sulfide) groups is 1. The van der Waals surface area contributed by atoms with Crippen LogP contribution < -0.4 is 5.32 Å². The summed E-state index contributed by atoms with van der Waals surface area (Å²) in [4.78, 5) is 22.8. The lowest BCUT2D eigenvalue weighted by atomic mass is 10.1. The molecule has 0 radical (unpaired) electrons. The van der Waals surface area contributed by atoms with E-state index >= 15 is 0 Å². The van der Waals surface area contributed by atoms with E-state index < -0.39 is 0 Å². The number of nitrogens with one attached hydrogen (secondary N) is 1. The molecule has 0 saturated carbocycles. The van der Waals surface area contributed by atoms with Crippen LogP contribution >= 0.6 is 11.8 Å². The fraction of sp³-hybridized carbons (Fsp3) is 0.562. The van der Waals surface area contributed by atoms with Gasteiger partial charge >= 0.3 is 5.97 Å². The first kappa shape index (κ1) is 17.7. The zero-order valence-electron chi connectivity index (χ0n) is 13.6. The van der Waals surface area contributed by atoms with Gasteiger partial charge < -0.3 is 10.1 Å². The molecule has 0 bridgehead atoms. The molecule has 1 atom stereocenters. The molecule has 0 spiro atoms. The summed E-state index contributed by atoms with van der Waals surface area (Å²) in [5, 5.41) is 8.01. The lowest BCUT2D eigenvalue weighted by Gasteiger charge is -2.25. The molecule has 0 aromatic carbocycles. The van der Waals surface area contributed by atoms with Gasteiger partial charge in [-0.1, -0.05) is 17.8 Å². The van der Waals surface area contributed by atoms with Crippen molar-refractivity contribution in [3.05, 3.63) is 29.6 Å². The fourth-order valence-electron chi connectivity index (χ4n) is 2.49. The van der Waals surface area contributed by atoms with Crippen molar-refractivity contribution in [2.45, 2.75) is 38.5 Å². The summed E-state index contributed by atoms with van der Waals surface area (Å²) in [6.07, 6.45) is 6.87. The fourth-order valence-corrected chi connectivity index (χ4v) is 3.46. The number of nitrogens with zero attached hydrogens (tertiary/aromatic N) is 2. The second-order valence-electron chi connectivity index (χ2n) is 5.39. The molecule has 1 aliphatic rings. The standard InChI is InChI=1S/C16H23N3O3S/c1-3-22-16(21)8-13-9-18-19(11-13)7-5-14-10-17-6-4-15(14)23-12(2)20/h5,9,11,15,17H,3-4,6-8,10H2,1-2H3/b14-5-. The predicted octanol–water partition coefficient (Wildman–Crippen LogP) is 1.56. The van der Waals surface area contributed by atoms with E-state index in [0.717, 1.165) is 25.1 Å². The molecule has 2 heterocycles. The van der Waals surface area contributed by atoms with Crippen LogP contribution in [-0.2, 0) is 27.3 Å². The van der Waals surface area contributed by atoms with Crippen molar-refractivity contribution in [3.63, 3.8) is 0 Å². The van der Waals surface area contributed by atoms with E-state index in [4.69, 9.17) is 4.74 Å². The average Bonchev–Trinajstić information content (AvgIpc) is 2.93. The molecule has 0 aliphatic carbocycles. The Labute approximate surface area is 140 Å². The van der Waals surface area contributed by atoms with E-state index in [1.807, 2.05) is 6.20 Å². The molecule has 1 unspecified atom stereocenters. The predicted molar refractivity (Wildman–Crippen MR) is 90.2 cm³/mol. The zero-order chi connectivity index (χ0) is 16.7. The van der Waals surface area contributed by atoms with Gasteiger partial charge in [0, 0.05) is 30.5 Å². The Kier molecular flexibility index (Phi) is 6.85. The van der Waals surface area contributed by atoms with E-state index in [9.17, 15) is 9.59 Å². The van der Waals surface area contributed by atoms with Gasteiger partial charge in [0.1, 0.15) is 0 Å². The Morgan fingerprint density at radius 3 is 3.13 bits per heavy atom. The number of esters is 1. The van der Waals surface area contributed by atoms with E-state index in [1.165, 1.54) is 17.3 Å². The van der Waals surface area contributed by atoms with Crippen LogP contribution in [0.4, 0.5) is 0 Å². The normalized spacial score (nSPS) is 19.7. The number of allylic oxidation sites excluding steroid dienone is 1. The maximum Gasteiger partial charge on any atom is 0.310 e. The third-order valence-corrected chi connectivity index (χ3v) is 4.67. The lowest BCUT2D eigenvalue weighted by Crippen LogP contribution is -2.32. The second-order valence-corrected chi connectivity index (χ2v) is 6.77. The van der Waals surface area contributed by atoms with Gasteiger partial charge in [0.2, 0.25) is 0 Å². The zero-order valence-corrected chi connectivity index (χ0v) is 14.4. The monoisotopic (exact) mass is 337 g/mol. The van der Waals surface area contributed by atoms with Crippen LogP contribution in [-0.4, -0.2) is 45.8 Å². The Balaban J connectivity index is 1.94. The van der Waals surface area contributed by atoms with E-state index in [1.54, 1.807) is 24.7 Å². The molecule has 1 aliphatic heterocycles. The van der Waals surface area contributed by atoms with Gasteiger partial charge in [0.25, 0.3) is 0 Å². The van der Waals surface area contributed by atoms with E-state index in [0.29, 0.717) is 13.2 Å². The molecule has 1 saturated heterocycles. The van der Waals surface area contributed by atoms with Gasteiger partial charge in [0.05, 0.1) is 25.8 Å². The number of carbonyl (C=O) groups excluding carboxylic acids is 2. The highest BCUT2D eigenvalue weighted by Crippen LogP contribution is 2.25. The van der Waals surface area contributed by atoms with Crippen LogP contribution in [0.25, 0.3) is 0 Å². The first-order chi connectivity index (χ1) is 11.1. The summed E-state index contributed by atoms with van der Waals surface area (Å²) >= 11 is 1.40. The average molecular weight is 337 g/mol. The highest BCUT2D eigenvalue weighted by molar-refractivity contribution is 8.14. The van der Waals surface area contributed by atoms with Crippen molar-refractivity contribution >= 4 is 22.8 Å². The summed E-state index contributed by atoms with van der Waals surface area (Å²) in [6, 6.07) is 0. The summed E-state index contributed by atoms with van der Waals surface area (Å²) in [7, 11) is 0. The van der Waals surface area contributed by atoms with Gasteiger partial charge in [0.15, 0.2) is 5.12 Å². The Hall–Kier alpha value is -1.60. The molecule has 6 nitrogen and oxygen atoms in total. The van der Waals surface area contributed by atoms with Crippen molar-refractivity contribution in [2.24, 2.45) is 0 Å². The molecule has 23 heavy (non-hydrogen) atoms. The number of ether oxygens (including phenoxy) is 1. The van der Waals surface area contributed by atoms with Crippen molar-refractivity contribution in [3.8, 4) is 0 Å². The molecule has 1 fully saturated rings. The number of hydrogen-bond donors (Lipinski definition) is 1. The van der Waals surface area contributed by atoms with E-state index in [2.05, 4.69) is 16.5 Å². The minimum absolute atomic E-state index is 0.151. The summed E-state index contributed by atoms with van der Waals surface area (Å²) < 4.78 is 6.73. The number of rotatable bonds is 6. The third-order valence-electron chi connectivity index (χ3n) is 3.52. The van der Waals surface area contributed by atoms with Crippen molar-refractivity contribution in [1.82, 2.24) is 15.1 Å². The van der Waals surface area contributed by atoms with Crippen molar-refractivity contribution < 1.29 is 14.3 Å².